The lowest BCUT2D eigenvalue weighted by Gasteiger charge is -2.18. The zero-order chi connectivity index (χ0) is 24.1. The van der Waals surface area contributed by atoms with Gasteiger partial charge in [0.15, 0.2) is 0 Å². The molecular weight excluding hydrogens is 448 g/mol. The lowest BCUT2D eigenvalue weighted by atomic mass is 9.84. The van der Waals surface area contributed by atoms with Gasteiger partial charge < -0.3 is 4.42 Å². The Kier molecular flexibility index (Phi) is 3.59. The van der Waals surface area contributed by atoms with E-state index in [1.807, 2.05) is 6.07 Å². The van der Waals surface area contributed by atoms with E-state index in [1.165, 1.54) is 59.4 Å². The average Bonchev–Trinajstić information content (AvgIpc) is 3.35. The van der Waals surface area contributed by atoms with Gasteiger partial charge in [0.1, 0.15) is 11.2 Å². The maximum absolute atomic E-state index is 6.46. The molecule has 1 nitrogen and oxygen atoms in total. The number of furan rings is 1. The number of hydrogen-bond donors (Lipinski definition) is 0. The van der Waals surface area contributed by atoms with Crippen LogP contribution in [0.2, 0.25) is 0 Å². The van der Waals surface area contributed by atoms with E-state index in [1.54, 1.807) is 0 Å². The molecule has 9 aromatic rings. The highest BCUT2D eigenvalue weighted by Crippen LogP contribution is 2.47. The SMILES string of the molecule is c1ccc2c(c1)oc1c(-c3cc4c5ccccc5c5cccc6c7ccccc7c(c3)c4c56)cccc12. The van der Waals surface area contributed by atoms with Crippen LogP contribution in [0.1, 0.15) is 0 Å². The molecule has 170 valence electrons. The maximum Gasteiger partial charge on any atom is 0.143 e. The molecule has 1 aromatic heterocycles. The van der Waals surface area contributed by atoms with Gasteiger partial charge in [-0.05, 0) is 77.6 Å². The highest BCUT2D eigenvalue weighted by Gasteiger charge is 2.19. The maximum atomic E-state index is 6.46. The monoisotopic (exact) mass is 468 g/mol. The predicted octanol–water partition coefficient (Wildman–Crippen LogP) is 10.5. The molecule has 37 heavy (non-hydrogen) atoms. The molecule has 1 heterocycles. The van der Waals surface area contributed by atoms with Crippen molar-refractivity contribution in [2.24, 2.45) is 0 Å². The van der Waals surface area contributed by atoms with Crippen LogP contribution in [0.3, 0.4) is 0 Å². The lowest BCUT2D eigenvalue weighted by molar-refractivity contribution is 0.670. The number of para-hydroxylation sites is 2. The summed E-state index contributed by atoms with van der Waals surface area (Å²) < 4.78 is 6.46. The van der Waals surface area contributed by atoms with Crippen molar-refractivity contribution < 1.29 is 4.42 Å². The molecule has 0 saturated carbocycles. The summed E-state index contributed by atoms with van der Waals surface area (Å²) in [7, 11) is 0. The summed E-state index contributed by atoms with van der Waals surface area (Å²) >= 11 is 0. The fourth-order valence-electron chi connectivity index (χ4n) is 6.64. The molecule has 9 rings (SSSR count). The fourth-order valence-corrected chi connectivity index (χ4v) is 6.64. The Bertz CT molecular complexity index is 2250. The van der Waals surface area contributed by atoms with Crippen molar-refractivity contribution >= 4 is 75.8 Å². The van der Waals surface area contributed by atoms with Crippen LogP contribution in [0.4, 0.5) is 0 Å². The van der Waals surface area contributed by atoms with Crippen LogP contribution < -0.4 is 0 Å². The molecule has 0 aliphatic carbocycles. The van der Waals surface area contributed by atoms with Gasteiger partial charge in [-0.3, -0.25) is 0 Å². The molecule has 0 aliphatic heterocycles. The molecule has 0 atom stereocenters. The Labute approximate surface area is 212 Å². The van der Waals surface area contributed by atoms with Crippen LogP contribution in [-0.2, 0) is 0 Å². The highest BCUT2D eigenvalue weighted by molar-refractivity contribution is 6.40. The summed E-state index contributed by atoms with van der Waals surface area (Å²) in [5.41, 5.74) is 4.20. The van der Waals surface area contributed by atoms with Gasteiger partial charge in [0.25, 0.3) is 0 Å². The zero-order valence-corrected chi connectivity index (χ0v) is 20.0. The normalized spacial score (nSPS) is 12.3. The molecule has 0 N–H and O–H groups in total. The second-order valence-corrected chi connectivity index (χ2v) is 10.0. The van der Waals surface area contributed by atoms with Gasteiger partial charge in [-0.1, -0.05) is 103 Å². The molecule has 0 spiro atoms. The standard InChI is InChI=1S/C36H20O/c1-3-11-25-23(9-1)28-15-8-16-29-24-10-2-4-12-26(24)32-20-21(19-31(25)35(32)34(28)29)22-14-7-17-30-27-13-5-6-18-33(27)37-36(22)30/h1-20H. The molecule has 1 heteroatoms. The topological polar surface area (TPSA) is 13.1 Å². The van der Waals surface area contributed by atoms with E-state index in [2.05, 4.69) is 115 Å². The van der Waals surface area contributed by atoms with Gasteiger partial charge in [-0.2, -0.15) is 0 Å². The quantitative estimate of drug-likeness (QED) is 0.172. The molecular formula is C36H20O. The lowest BCUT2D eigenvalue weighted by Crippen LogP contribution is -1.91. The first-order chi connectivity index (χ1) is 18.4. The number of fused-ring (bicyclic) bond motifs is 9. The first-order valence-corrected chi connectivity index (χ1v) is 12.8. The van der Waals surface area contributed by atoms with Gasteiger partial charge >= 0.3 is 0 Å². The van der Waals surface area contributed by atoms with Gasteiger partial charge in [-0.15, -0.1) is 0 Å². The Morgan fingerprint density at radius 1 is 0.351 bits per heavy atom. The third-order valence-electron chi connectivity index (χ3n) is 8.18. The number of benzene rings is 8. The van der Waals surface area contributed by atoms with Crippen LogP contribution in [-0.4, -0.2) is 0 Å². The van der Waals surface area contributed by atoms with E-state index in [0.29, 0.717) is 0 Å². The van der Waals surface area contributed by atoms with Crippen molar-refractivity contribution in [3.63, 3.8) is 0 Å². The van der Waals surface area contributed by atoms with Crippen molar-refractivity contribution in [3.8, 4) is 11.1 Å². The van der Waals surface area contributed by atoms with Crippen molar-refractivity contribution in [3.05, 3.63) is 121 Å². The van der Waals surface area contributed by atoms with Crippen LogP contribution in [0.15, 0.2) is 126 Å². The smallest absolute Gasteiger partial charge is 0.143 e. The third-order valence-corrected chi connectivity index (χ3v) is 8.18. The minimum Gasteiger partial charge on any atom is -0.455 e. The molecule has 0 bridgehead atoms. The van der Waals surface area contributed by atoms with Gasteiger partial charge in [0.2, 0.25) is 0 Å². The van der Waals surface area contributed by atoms with Gasteiger partial charge in [0.05, 0.1) is 0 Å². The summed E-state index contributed by atoms with van der Waals surface area (Å²) in [6.07, 6.45) is 0. The van der Waals surface area contributed by atoms with Crippen LogP contribution in [0, 0.1) is 0 Å². The summed E-state index contributed by atoms with van der Waals surface area (Å²) in [6.45, 7) is 0. The van der Waals surface area contributed by atoms with E-state index in [0.717, 1.165) is 27.5 Å². The molecule has 0 amide bonds. The first kappa shape index (κ1) is 19.3. The molecule has 8 aromatic carbocycles. The van der Waals surface area contributed by atoms with E-state index in [4.69, 9.17) is 4.42 Å². The third kappa shape index (κ3) is 2.43. The second kappa shape index (κ2) is 6.87. The summed E-state index contributed by atoms with van der Waals surface area (Å²) in [4.78, 5) is 0. The van der Waals surface area contributed by atoms with E-state index < -0.39 is 0 Å². The molecule has 0 radical (unpaired) electrons. The molecule has 0 aliphatic rings. The Hall–Kier alpha value is -4.88. The van der Waals surface area contributed by atoms with Crippen LogP contribution >= 0.6 is 0 Å². The zero-order valence-electron chi connectivity index (χ0n) is 20.0. The molecule has 0 unspecified atom stereocenters. The van der Waals surface area contributed by atoms with Crippen molar-refractivity contribution in [2.75, 3.05) is 0 Å². The predicted molar refractivity (Wildman–Crippen MR) is 158 cm³/mol. The largest absolute Gasteiger partial charge is 0.455 e. The second-order valence-electron chi connectivity index (χ2n) is 10.0. The summed E-state index contributed by atoms with van der Waals surface area (Å²) in [6, 6.07) is 44.0. The van der Waals surface area contributed by atoms with Crippen LogP contribution in [0.5, 0.6) is 0 Å². The Morgan fingerprint density at radius 2 is 0.811 bits per heavy atom. The van der Waals surface area contributed by atoms with Crippen molar-refractivity contribution in [1.82, 2.24) is 0 Å². The van der Waals surface area contributed by atoms with E-state index in [-0.39, 0.29) is 0 Å². The van der Waals surface area contributed by atoms with Gasteiger partial charge in [0, 0.05) is 16.3 Å². The molecule has 0 fully saturated rings. The van der Waals surface area contributed by atoms with Crippen LogP contribution in [0.25, 0.3) is 86.9 Å². The van der Waals surface area contributed by atoms with Crippen molar-refractivity contribution in [1.29, 1.82) is 0 Å². The highest BCUT2D eigenvalue weighted by atomic mass is 16.3. The minimum atomic E-state index is 0.929. The number of rotatable bonds is 1. The molecule has 0 saturated heterocycles. The van der Waals surface area contributed by atoms with E-state index >= 15 is 0 Å². The fraction of sp³-hybridized carbons (Fsp3) is 0. The Morgan fingerprint density at radius 3 is 1.46 bits per heavy atom. The van der Waals surface area contributed by atoms with Crippen molar-refractivity contribution in [2.45, 2.75) is 0 Å². The van der Waals surface area contributed by atoms with E-state index in [9.17, 15) is 0 Å². The average molecular weight is 469 g/mol. The first-order valence-electron chi connectivity index (χ1n) is 12.8. The minimum absolute atomic E-state index is 0.929. The Balaban J connectivity index is 1.55. The summed E-state index contributed by atoms with van der Waals surface area (Å²) in [5, 5.41) is 15.5. The summed E-state index contributed by atoms with van der Waals surface area (Å²) in [5.74, 6) is 0. The number of hydrogen-bond acceptors (Lipinski definition) is 1. The van der Waals surface area contributed by atoms with Gasteiger partial charge in [-0.25, -0.2) is 0 Å².